The molecule has 1 aromatic carbocycles. The third-order valence-corrected chi connectivity index (χ3v) is 7.73. The number of nitrogens with one attached hydrogen (secondary N) is 1. The summed E-state index contributed by atoms with van der Waals surface area (Å²) in [5, 5.41) is 5.04. The molecule has 1 aromatic rings. The Bertz CT molecular complexity index is 777. The van der Waals surface area contributed by atoms with Crippen LogP contribution in [0.4, 0.5) is 5.69 Å². The number of nitrogens with zero attached hydrogens (tertiary/aromatic N) is 1. The molecule has 0 spiro atoms. The summed E-state index contributed by atoms with van der Waals surface area (Å²) in [6.07, 6.45) is 4.86. The Labute approximate surface area is 167 Å². The second-order valence-corrected chi connectivity index (χ2v) is 9.88. The number of amides is 1. The average molecular weight is 411 g/mol. The number of rotatable bonds is 6. The molecule has 0 unspecified atom stereocenters. The molecule has 1 aliphatic carbocycles. The summed E-state index contributed by atoms with van der Waals surface area (Å²) in [4.78, 5) is 12.8. The summed E-state index contributed by atoms with van der Waals surface area (Å²) >= 11 is 0. The predicted octanol–water partition coefficient (Wildman–Crippen LogP) is 1.18. The molecule has 2 aliphatic rings. The van der Waals surface area contributed by atoms with E-state index in [4.69, 9.17) is 4.74 Å². The van der Waals surface area contributed by atoms with Crippen LogP contribution in [0.5, 0.6) is 0 Å². The lowest BCUT2D eigenvalue weighted by molar-refractivity contribution is -0.714. The van der Waals surface area contributed by atoms with E-state index in [0.29, 0.717) is 44.0 Å². The Hall–Kier alpha value is -1.48. The molecule has 1 amide bonds. The van der Waals surface area contributed by atoms with Gasteiger partial charge in [-0.1, -0.05) is 19.4 Å². The van der Waals surface area contributed by atoms with Crippen molar-refractivity contribution in [2.45, 2.75) is 56.5 Å². The fourth-order valence-electron chi connectivity index (χ4n) is 4.02. The zero-order valence-electron chi connectivity index (χ0n) is 16.8. The number of morpholine rings is 1. The molecule has 1 saturated heterocycles. The molecule has 3 N–H and O–H groups in total. The van der Waals surface area contributed by atoms with E-state index in [-0.39, 0.29) is 16.8 Å². The summed E-state index contributed by atoms with van der Waals surface area (Å²) < 4.78 is 32.3. The first kappa shape index (κ1) is 21.2. The Morgan fingerprint density at radius 3 is 2.68 bits per heavy atom. The highest BCUT2D eigenvalue weighted by molar-refractivity contribution is 7.89. The van der Waals surface area contributed by atoms with Crippen LogP contribution in [0.3, 0.4) is 0 Å². The maximum atomic E-state index is 12.8. The number of hydrogen-bond donors (Lipinski definition) is 2. The standard InChI is InChI=1S/C20H31N3O4S/c1-15-6-3-4-9-19(15)21-16(2)20(24)22-17-7-5-8-18(14-17)28(25,26)23-10-12-27-13-11-23/h5,7-8,14-16,19,21H,3-4,6,9-13H2,1-2H3,(H,22,24)/p+1/t15-,16-,19+/m0/s1. The molecule has 0 radical (unpaired) electrons. The van der Waals surface area contributed by atoms with Crippen LogP contribution in [0, 0.1) is 5.92 Å². The van der Waals surface area contributed by atoms with Crippen molar-refractivity contribution in [2.75, 3.05) is 31.6 Å². The maximum absolute atomic E-state index is 12.8. The number of sulfonamides is 1. The van der Waals surface area contributed by atoms with Crippen molar-refractivity contribution in [1.29, 1.82) is 0 Å². The number of hydrogen-bond acceptors (Lipinski definition) is 4. The minimum atomic E-state index is -3.58. The molecule has 3 rings (SSSR count). The van der Waals surface area contributed by atoms with Gasteiger partial charge in [-0.15, -0.1) is 0 Å². The molecular formula is C20H32N3O4S+. The number of carbonyl (C=O) groups is 1. The lowest BCUT2D eigenvalue weighted by atomic mass is 9.85. The van der Waals surface area contributed by atoms with Crippen LogP contribution in [-0.4, -0.2) is 57.0 Å². The lowest BCUT2D eigenvalue weighted by Crippen LogP contribution is -2.97. The van der Waals surface area contributed by atoms with E-state index in [9.17, 15) is 13.2 Å². The van der Waals surface area contributed by atoms with Gasteiger partial charge in [-0.2, -0.15) is 4.31 Å². The quantitative estimate of drug-likeness (QED) is 0.737. The molecule has 2 fully saturated rings. The van der Waals surface area contributed by atoms with Crippen molar-refractivity contribution < 1.29 is 23.3 Å². The van der Waals surface area contributed by atoms with Crippen molar-refractivity contribution in [3.63, 3.8) is 0 Å². The Kier molecular flexibility index (Phi) is 7.09. The topological polar surface area (TPSA) is 92.3 Å². The van der Waals surface area contributed by atoms with Crippen molar-refractivity contribution >= 4 is 21.6 Å². The first-order chi connectivity index (χ1) is 13.4. The number of carbonyl (C=O) groups excluding carboxylic acids is 1. The number of quaternary nitrogens is 1. The van der Waals surface area contributed by atoms with Gasteiger partial charge in [0.2, 0.25) is 10.0 Å². The summed E-state index contributed by atoms with van der Waals surface area (Å²) in [6, 6.07) is 6.76. The molecule has 1 heterocycles. The second kappa shape index (κ2) is 9.35. The van der Waals surface area contributed by atoms with Crippen molar-refractivity contribution in [1.82, 2.24) is 4.31 Å². The molecule has 1 saturated carbocycles. The Balaban J connectivity index is 1.64. The van der Waals surface area contributed by atoms with E-state index in [2.05, 4.69) is 17.6 Å². The monoisotopic (exact) mass is 410 g/mol. The van der Waals surface area contributed by atoms with Gasteiger partial charge in [-0.3, -0.25) is 4.79 Å². The van der Waals surface area contributed by atoms with Gasteiger partial charge in [0.15, 0.2) is 6.04 Å². The SMILES string of the molecule is C[C@H]([NH2+][C@@H]1CCCC[C@@H]1C)C(=O)Nc1cccc(S(=O)(=O)N2CCOCC2)c1. The highest BCUT2D eigenvalue weighted by atomic mass is 32.2. The van der Waals surface area contributed by atoms with Crippen molar-refractivity contribution in [3.05, 3.63) is 24.3 Å². The van der Waals surface area contributed by atoms with Gasteiger partial charge in [-0.05, 0) is 44.4 Å². The Morgan fingerprint density at radius 1 is 1.25 bits per heavy atom. The maximum Gasteiger partial charge on any atom is 0.282 e. The van der Waals surface area contributed by atoms with Crippen molar-refractivity contribution in [2.24, 2.45) is 5.92 Å². The first-order valence-electron chi connectivity index (χ1n) is 10.2. The third kappa shape index (κ3) is 5.11. The molecular weight excluding hydrogens is 378 g/mol. The highest BCUT2D eigenvalue weighted by Gasteiger charge is 2.29. The summed E-state index contributed by atoms with van der Waals surface area (Å²) in [5.74, 6) is 0.518. The van der Waals surface area contributed by atoms with Crippen LogP contribution in [0.2, 0.25) is 0 Å². The van der Waals surface area contributed by atoms with E-state index in [1.165, 1.54) is 23.6 Å². The van der Waals surface area contributed by atoms with Gasteiger partial charge in [0, 0.05) is 24.7 Å². The molecule has 0 bridgehead atoms. The molecule has 0 aromatic heterocycles. The van der Waals surface area contributed by atoms with Crippen molar-refractivity contribution in [3.8, 4) is 0 Å². The number of anilines is 1. The molecule has 7 nitrogen and oxygen atoms in total. The van der Waals surface area contributed by atoms with Crippen LogP contribution in [0.15, 0.2) is 29.2 Å². The Morgan fingerprint density at radius 2 is 1.96 bits per heavy atom. The smallest absolute Gasteiger partial charge is 0.282 e. The van der Waals surface area contributed by atoms with E-state index < -0.39 is 10.0 Å². The minimum Gasteiger partial charge on any atom is -0.379 e. The zero-order chi connectivity index (χ0) is 20.1. The number of benzene rings is 1. The van der Waals surface area contributed by atoms with Gasteiger partial charge in [-0.25, -0.2) is 8.42 Å². The third-order valence-electron chi connectivity index (χ3n) is 5.84. The predicted molar refractivity (Wildman–Crippen MR) is 107 cm³/mol. The molecule has 8 heteroatoms. The van der Waals surface area contributed by atoms with Gasteiger partial charge in [0.1, 0.15) is 0 Å². The fourth-order valence-corrected chi connectivity index (χ4v) is 5.47. The molecule has 156 valence electrons. The minimum absolute atomic E-state index is 0.0984. The number of nitrogens with two attached hydrogens (primary N) is 1. The normalized spacial score (nSPS) is 25.2. The zero-order valence-corrected chi connectivity index (χ0v) is 17.6. The van der Waals surface area contributed by atoms with E-state index in [1.807, 2.05) is 6.92 Å². The second-order valence-electron chi connectivity index (χ2n) is 7.94. The van der Waals surface area contributed by atoms with Crippen LogP contribution in [-0.2, 0) is 19.6 Å². The van der Waals surface area contributed by atoms with Crippen LogP contribution in [0.25, 0.3) is 0 Å². The van der Waals surface area contributed by atoms with E-state index in [0.717, 1.165) is 6.42 Å². The summed E-state index contributed by atoms with van der Waals surface area (Å²) in [5.41, 5.74) is 0.510. The highest BCUT2D eigenvalue weighted by Crippen LogP contribution is 2.22. The molecule has 1 aliphatic heterocycles. The van der Waals surface area contributed by atoms with Crippen LogP contribution in [0.1, 0.15) is 39.5 Å². The largest absolute Gasteiger partial charge is 0.379 e. The fraction of sp³-hybridized carbons (Fsp3) is 0.650. The van der Waals surface area contributed by atoms with Gasteiger partial charge >= 0.3 is 0 Å². The molecule has 3 atom stereocenters. The number of ether oxygens (including phenoxy) is 1. The van der Waals surface area contributed by atoms with E-state index >= 15 is 0 Å². The summed E-state index contributed by atoms with van der Waals surface area (Å²) in [7, 11) is -3.58. The molecule has 28 heavy (non-hydrogen) atoms. The average Bonchev–Trinajstić information content (AvgIpc) is 2.70. The van der Waals surface area contributed by atoms with Crippen LogP contribution >= 0.6 is 0 Å². The lowest BCUT2D eigenvalue weighted by Gasteiger charge is -2.28. The van der Waals surface area contributed by atoms with E-state index in [1.54, 1.807) is 24.3 Å². The van der Waals surface area contributed by atoms with Gasteiger partial charge in [0.25, 0.3) is 5.91 Å². The summed E-state index contributed by atoms with van der Waals surface area (Å²) in [6.45, 7) is 5.68. The van der Waals surface area contributed by atoms with Gasteiger partial charge < -0.3 is 15.4 Å². The van der Waals surface area contributed by atoms with Gasteiger partial charge in [0.05, 0.1) is 24.2 Å². The first-order valence-corrected chi connectivity index (χ1v) is 11.7. The van der Waals surface area contributed by atoms with Crippen LogP contribution < -0.4 is 10.6 Å².